The van der Waals surface area contributed by atoms with E-state index in [0.717, 1.165) is 44.9 Å². The molecule has 2 unspecified atom stereocenters. The predicted octanol–water partition coefficient (Wildman–Crippen LogP) is 2.58. The van der Waals surface area contributed by atoms with Crippen molar-refractivity contribution in [3.05, 3.63) is 29.8 Å². The number of hydrogen-bond donors (Lipinski definition) is 2. The first-order chi connectivity index (χ1) is 10.0. The van der Waals surface area contributed by atoms with E-state index in [1.807, 2.05) is 12.1 Å². The van der Waals surface area contributed by atoms with E-state index in [4.69, 9.17) is 5.73 Å². The van der Waals surface area contributed by atoms with Gasteiger partial charge in [-0.05, 0) is 37.0 Å². The molecule has 0 bridgehead atoms. The van der Waals surface area contributed by atoms with Crippen molar-refractivity contribution in [1.82, 2.24) is 4.72 Å². The Balaban J connectivity index is 2.09. The highest BCUT2D eigenvalue weighted by Gasteiger charge is 2.26. The summed E-state index contributed by atoms with van der Waals surface area (Å²) in [6.07, 6.45) is 7.01. The van der Waals surface area contributed by atoms with E-state index in [1.165, 1.54) is 5.56 Å². The average molecular weight is 310 g/mol. The molecule has 2 rings (SSSR count). The van der Waals surface area contributed by atoms with Gasteiger partial charge in [-0.1, -0.05) is 44.7 Å². The summed E-state index contributed by atoms with van der Waals surface area (Å²) >= 11 is 0. The molecule has 5 heteroatoms. The summed E-state index contributed by atoms with van der Waals surface area (Å²) in [5.41, 5.74) is 7.27. The second kappa shape index (κ2) is 7.38. The summed E-state index contributed by atoms with van der Waals surface area (Å²) in [5.74, 6) is 0. The Morgan fingerprint density at radius 2 is 1.81 bits per heavy atom. The van der Waals surface area contributed by atoms with Crippen LogP contribution in [0.3, 0.4) is 0 Å². The molecule has 3 N–H and O–H groups in total. The molecule has 0 amide bonds. The summed E-state index contributed by atoms with van der Waals surface area (Å²) in [4.78, 5) is 0.332. The molecule has 0 aliphatic heterocycles. The van der Waals surface area contributed by atoms with Crippen LogP contribution in [0.4, 0.5) is 0 Å². The molecule has 1 aliphatic carbocycles. The molecule has 0 saturated heterocycles. The van der Waals surface area contributed by atoms with E-state index in [0.29, 0.717) is 4.90 Å². The number of sulfonamides is 1. The standard InChI is InChI=1S/C16H26N2O2S/c1-2-6-13-9-11-14(12-10-13)21(19,20)18-16-8-5-3-4-7-15(16)17/h9-12,15-16,18H,2-8,17H2,1H3. The molecule has 1 aromatic rings. The Bertz CT molecular complexity index is 540. The summed E-state index contributed by atoms with van der Waals surface area (Å²) < 4.78 is 27.7. The molecule has 0 radical (unpaired) electrons. The Kier molecular flexibility index (Phi) is 5.79. The van der Waals surface area contributed by atoms with Gasteiger partial charge in [-0.3, -0.25) is 0 Å². The van der Waals surface area contributed by atoms with Crippen molar-refractivity contribution < 1.29 is 8.42 Å². The lowest BCUT2D eigenvalue weighted by molar-refractivity contribution is 0.456. The van der Waals surface area contributed by atoms with Crippen molar-refractivity contribution >= 4 is 10.0 Å². The molecule has 21 heavy (non-hydrogen) atoms. The lowest BCUT2D eigenvalue weighted by Gasteiger charge is -2.22. The van der Waals surface area contributed by atoms with Crippen LogP contribution < -0.4 is 10.5 Å². The highest BCUT2D eigenvalue weighted by atomic mass is 32.2. The Hall–Kier alpha value is -0.910. The summed E-state index contributed by atoms with van der Waals surface area (Å²) in [7, 11) is -3.47. The summed E-state index contributed by atoms with van der Waals surface area (Å²) in [6, 6.07) is 6.94. The van der Waals surface area contributed by atoms with Gasteiger partial charge in [0.25, 0.3) is 0 Å². The third kappa shape index (κ3) is 4.53. The van der Waals surface area contributed by atoms with Crippen LogP contribution in [0, 0.1) is 0 Å². The van der Waals surface area contributed by atoms with Crippen molar-refractivity contribution in [2.75, 3.05) is 0 Å². The number of nitrogens with one attached hydrogen (secondary N) is 1. The van der Waals surface area contributed by atoms with E-state index in [1.54, 1.807) is 12.1 Å². The molecule has 2 atom stereocenters. The van der Waals surface area contributed by atoms with Crippen molar-refractivity contribution in [1.29, 1.82) is 0 Å². The Morgan fingerprint density at radius 3 is 2.48 bits per heavy atom. The van der Waals surface area contributed by atoms with Gasteiger partial charge in [0.15, 0.2) is 0 Å². The molecular formula is C16H26N2O2S. The molecule has 0 heterocycles. The van der Waals surface area contributed by atoms with Gasteiger partial charge in [0.05, 0.1) is 4.90 Å². The van der Waals surface area contributed by atoms with E-state index >= 15 is 0 Å². The molecule has 1 aromatic carbocycles. The maximum atomic E-state index is 12.5. The van der Waals surface area contributed by atoms with Gasteiger partial charge in [-0.2, -0.15) is 0 Å². The van der Waals surface area contributed by atoms with Crippen LogP contribution in [-0.2, 0) is 16.4 Å². The van der Waals surface area contributed by atoms with Gasteiger partial charge in [0.2, 0.25) is 10.0 Å². The third-order valence-corrected chi connectivity index (χ3v) is 5.65. The highest BCUT2D eigenvalue weighted by Crippen LogP contribution is 2.19. The van der Waals surface area contributed by atoms with Crippen LogP contribution >= 0.6 is 0 Å². The molecular weight excluding hydrogens is 284 g/mol. The van der Waals surface area contributed by atoms with Crippen molar-refractivity contribution in [2.45, 2.75) is 68.8 Å². The van der Waals surface area contributed by atoms with E-state index in [-0.39, 0.29) is 12.1 Å². The molecule has 118 valence electrons. The van der Waals surface area contributed by atoms with Crippen LogP contribution in [0.25, 0.3) is 0 Å². The van der Waals surface area contributed by atoms with E-state index < -0.39 is 10.0 Å². The zero-order chi connectivity index (χ0) is 15.3. The highest BCUT2D eigenvalue weighted by molar-refractivity contribution is 7.89. The monoisotopic (exact) mass is 310 g/mol. The van der Waals surface area contributed by atoms with Crippen LogP contribution in [0.15, 0.2) is 29.2 Å². The molecule has 1 saturated carbocycles. The third-order valence-electron chi connectivity index (χ3n) is 4.15. The molecule has 1 fully saturated rings. The fraction of sp³-hybridized carbons (Fsp3) is 0.625. The minimum absolute atomic E-state index is 0.0818. The second-order valence-electron chi connectivity index (χ2n) is 5.92. The fourth-order valence-electron chi connectivity index (χ4n) is 2.87. The fourth-order valence-corrected chi connectivity index (χ4v) is 4.20. The van der Waals surface area contributed by atoms with Crippen molar-refractivity contribution in [2.24, 2.45) is 5.73 Å². The van der Waals surface area contributed by atoms with Gasteiger partial charge in [-0.25, -0.2) is 13.1 Å². The Morgan fingerprint density at radius 1 is 1.14 bits per heavy atom. The van der Waals surface area contributed by atoms with Gasteiger partial charge < -0.3 is 5.73 Å². The van der Waals surface area contributed by atoms with Crippen LogP contribution in [0.1, 0.15) is 51.0 Å². The first-order valence-electron chi connectivity index (χ1n) is 7.90. The second-order valence-corrected chi connectivity index (χ2v) is 7.64. The van der Waals surface area contributed by atoms with Gasteiger partial charge >= 0.3 is 0 Å². The SMILES string of the molecule is CCCc1ccc(S(=O)(=O)NC2CCCCCC2N)cc1. The largest absolute Gasteiger partial charge is 0.326 e. The lowest BCUT2D eigenvalue weighted by Crippen LogP contribution is -2.46. The lowest BCUT2D eigenvalue weighted by atomic mass is 10.1. The van der Waals surface area contributed by atoms with Crippen LogP contribution in [0.5, 0.6) is 0 Å². The van der Waals surface area contributed by atoms with Crippen molar-refractivity contribution in [3.63, 3.8) is 0 Å². The first-order valence-corrected chi connectivity index (χ1v) is 9.38. The number of hydrogen-bond acceptors (Lipinski definition) is 3. The van der Waals surface area contributed by atoms with Gasteiger partial charge in [0, 0.05) is 12.1 Å². The zero-order valence-corrected chi connectivity index (χ0v) is 13.5. The van der Waals surface area contributed by atoms with Crippen LogP contribution in [-0.4, -0.2) is 20.5 Å². The minimum Gasteiger partial charge on any atom is -0.326 e. The van der Waals surface area contributed by atoms with Crippen LogP contribution in [0.2, 0.25) is 0 Å². The van der Waals surface area contributed by atoms with E-state index in [9.17, 15) is 8.42 Å². The quantitative estimate of drug-likeness (QED) is 0.821. The number of nitrogens with two attached hydrogens (primary N) is 1. The van der Waals surface area contributed by atoms with E-state index in [2.05, 4.69) is 11.6 Å². The number of rotatable bonds is 5. The van der Waals surface area contributed by atoms with Gasteiger partial charge in [-0.15, -0.1) is 0 Å². The molecule has 0 spiro atoms. The maximum Gasteiger partial charge on any atom is 0.240 e. The topological polar surface area (TPSA) is 72.2 Å². The molecule has 4 nitrogen and oxygen atoms in total. The summed E-state index contributed by atoms with van der Waals surface area (Å²) in [6.45, 7) is 2.11. The number of benzene rings is 1. The molecule has 1 aliphatic rings. The Labute approximate surface area is 128 Å². The normalized spacial score (nSPS) is 23.7. The van der Waals surface area contributed by atoms with Crippen molar-refractivity contribution in [3.8, 4) is 0 Å². The molecule has 0 aromatic heterocycles. The summed E-state index contributed by atoms with van der Waals surface area (Å²) in [5, 5.41) is 0. The average Bonchev–Trinajstić information content (AvgIpc) is 2.65. The predicted molar refractivity (Wildman–Crippen MR) is 85.6 cm³/mol. The maximum absolute atomic E-state index is 12.5. The number of aryl methyl sites for hydroxylation is 1. The first kappa shape index (κ1) is 16.5. The zero-order valence-electron chi connectivity index (χ0n) is 12.7. The smallest absolute Gasteiger partial charge is 0.240 e. The minimum atomic E-state index is -3.47. The van der Waals surface area contributed by atoms with Gasteiger partial charge in [0.1, 0.15) is 0 Å².